The Morgan fingerprint density at radius 2 is 2.00 bits per heavy atom. The van der Waals surface area contributed by atoms with Gasteiger partial charge in [-0.25, -0.2) is 4.79 Å². The highest BCUT2D eigenvalue weighted by Gasteiger charge is 2.31. The lowest BCUT2D eigenvalue weighted by Crippen LogP contribution is -2.50. The van der Waals surface area contributed by atoms with Gasteiger partial charge in [-0.15, -0.1) is 0 Å². The highest BCUT2D eigenvalue weighted by atomic mass is 16.2. The van der Waals surface area contributed by atoms with E-state index in [1.54, 1.807) is 0 Å². The Hall–Kier alpha value is -0.730. The van der Waals surface area contributed by atoms with Crippen molar-refractivity contribution >= 4 is 6.03 Å². The summed E-state index contributed by atoms with van der Waals surface area (Å²) in [7, 11) is 0. The maximum absolute atomic E-state index is 11.8. The molecule has 2 fully saturated rings. The number of likely N-dealkylation sites (tertiary alicyclic amines) is 1. The fourth-order valence-electron chi connectivity index (χ4n) is 2.11. The van der Waals surface area contributed by atoms with Gasteiger partial charge in [0.2, 0.25) is 0 Å². The summed E-state index contributed by atoms with van der Waals surface area (Å²) in [5.41, 5.74) is 0. The molecular weight excluding hydrogens is 176 g/mol. The van der Waals surface area contributed by atoms with Gasteiger partial charge >= 0.3 is 6.03 Å². The number of carbonyl (C=O) groups excluding carboxylic acids is 1. The second-order valence-electron chi connectivity index (χ2n) is 4.78. The minimum Gasteiger partial charge on any atom is -0.335 e. The number of rotatable bonds is 1. The van der Waals surface area contributed by atoms with Gasteiger partial charge < -0.3 is 10.2 Å². The number of hydrogen-bond acceptors (Lipinski definition) is 1. The first kappa shape index (κ1) is 9.81. The van der Waals surface area contributed by atoms with Crippen molar-refractivity contribution in [2.24, 2.45) is 5.92 Å². The molecule has 2 unspecified atom stereocenters. The van der Waals surface area contributed by atoms with Gasteiger partial charge in [-0.05, 0) is 38.5 Å². The van der Waals surface area contributed by atoms with Crippen molar-refractivity contribution in [3.63, 3.8) is 0 Å². The van der Waals surface area contributed by atoms with E-state index in [0.29, 0.717) is 18.0 Å². The number of carbonyl (C=O) groups is 1. The Labute approximate surface area is 85.8 Å². The summed E-state index contributed by atoms with van der Waals surface area (Å²) >= 11 is 0. The van der Waals surface area contributed by atoms with E-state index in [0.717, 1.165) is 13.0 Å². The van der Waals surface area contributed by atoms with Crippen LogP contribution in [0.2, 0.25) is 0 Å². The average molecular weight is 196 g/mol. The van der Waals surface area contributed by atoms with Crippen molar-refractivity contribution < 1.29 is 4.79 Å². The zero-order chi connectivity index (χ0) is 10.1. The lowest BCUT2D eigenvalue weighted by molar-refractivity contribution is 0.128. The molecule has 3 nitrogen and oxygen atoms in total. The summed E-state index contributed by atoms with van der Waals surface area (Å²) in [6.07, 6.45) is 4.75. The van der Waals surface area contributed by atoms with Crippen molar-refractivity contribution in [2.45, 2.75) is 51.6 Å². The van der Waals surface area contributed by atoms with Gasteiger partial charge in [0.25, 0.3) is 0 Å². The predicted octanol–water partition coefficient (Wildman–Crippen LogP) is 1.98. The lowest BCUT2D eigenvalue weighted by Gasteiger charge is -2.37. The van der Waals surface area contributed by atoms with Crippen LogP contribution in [0.5, 0.6) is 0 Å². The van der Waals surface area contributed by atoms with Crippen LogP contribution in [0, 0.1) is 5.92 Å². The van der Waals surface area contributed by atoms with E-state index in [2.05, 4.69) is 19.2 Å². The zero-order valence-corrected chi connectivity index (χ0v) is 9.12. The highest BCUT2D eigenvalue weighted by molar-refractivity contribution is 5.75. The second-order valence-corrected chi connectivity index (χ2v) is 4.78. The van der Waals surface area contributed by atoms with Crippen LogP contribution < -0.4 is 5.32 Å². The van der Waals surface area contributed by atoms with Gasteiger partial charge in [0.05, 0.1) is 0 Å². The summed E-state index contributed by atoms with van der Waals surface area (Å²) in [6.45, 7) is 5.33. The number of urea groups is 1. The van der Waals surface area contributed by atoms with Crippen molar-refractivity contribution in [3.8, 4) is 0 Å². The summed E-state index contributed by atoms with van der Waals surface area (Å²) in [5, 5.41) is 3.06. The Balaban J connectivity index is 1.90. The SMILES string of the molecule is CC1CCCN(C(=O)NC2CC2)C1C. The smallest absolute Gasteiger partial charge is 0.317 e. The first-order chi connectivity index (χ1) is 6.68. The molecule has 14 heavy (non-hydrogen) atoms. The number of hydrogen-bond donors (Lipinski definition) is 1. The van der Waals surface area contributed by atoms with Crippen LogP contribution in [0.25, 0.3) is 0 Å². The van der Waals surface area contributed by atoms with E-state index in [1.165, 1.54) is 19.3 Å². The molecule has 1 N–H and O–H groups in total. The van der Waals surface area contributed by atoms with Crippen LogP contribution in [0.3, 0.4) is 0 Å². The fraction of sp³-hybridized carbons (Fsp3) is 0.909. The molecule has 1 aliphatic carbocycles. The molecule has 1 saturated carbocycles. The number of nitrogens with zero attached hydrogens (tertiary/aromatic N) is 1. The van der Waals surface area contributed by atoms with E-state index in [9.17, 15) is 4.79 Å². The summed E-state index contributed by atoms with van der Waals surface area (Å²) in [5.74, 6) is 0.647. The fourth-order valence-corrected chi connectivity index (χ4v) is 2.11. The molecule has 0 radical (unpaired) electrons. The first-order valence-electron chi connectivity index (χ1n) is 5.75. The molecule has 0 aromatic rings. The predicted molar refractivity (Wildman–Crippen MR) is 56.1 cm³/mol. The minimum absolute atomic E-state index is 0.159. The van der Waals surface area contributed by atoms with Crippen LogP contribution in [0.4, 0.5) is 4.79 Å². The van der Waals surface area contributed by atoms with Gasteiger partial charge in [-0.3, -0.25) is 0 Å². The molecule has 2 aliphatic rings. The molecule has 1 heterocycles. The van der Waals surface area contributed by atoms with E-state index in [4.69, 9.17) is 0 Å². The van der Waals surface area contributed by atoms with Gasteiger partial charge in [0.1, 0.15) is 0 Å². The monoisotopic (exact) mass is 196 g/mol. The Bertz CT molecular complexity index is 225. The normalized spacial score (nSPS) is 32.9. The van der Waals surface area contributed by atoms with Crippen LogP contribution in [0.1, 0.15) is 39.5 Å². The third kappa shape index (κ3) is 2.02. The highest BCUT2D eigenvalue weighted by Crippen LogP contribution is 2.24. The molecule has 2 atom stereocenters. The molecule has 0 aromatic heterocycles. The average Bonchev–Trinajstić information content (AvgIpc) is 2.93. The topological polar surface area (TPSA) is 32.3 Å². The largest absolute Gasteiger partial charge is 0.335 e. The molecule has 1 aliphatic heterocycles. The third-order valence-electron chi connectivity index (χ3n) is 3.54. The first-order valence-corrected chi connectivity index (χ1v) is 5.75. The Morgan fingerprint density at radius 3 is 2.64 bits per heavy atom. The molecule has 0 spiro atoms. The summed E-state index contributed by atoms with van der Waals surface area (Å²) < 4.78 is 0. The molecule has 80 valence electrons. The summed E-state index contributed by atoms with van der Waals surface area (Å²) in [6, 6.07) is 1.04. The van der Waals surface area contributed by atoms with Gasteiger partial charge in [-0.2, -0.15) is 0 Å². The van der Waals surface area contributed by atoms with Gasteiger partial charge in [-0.1, -0.05) is 6.92 Å². The van der Waals surface area contributed by atoms with Crippen molar-refractivity contribution in [1.82, 2.24) is 10.2 Å². The third-order valence-corrected chi connectivity index (χ3v) is 3.54. The summed E-state index contributed by atoms with van der Waals surface area (Å²) in [4.78, 5) is 13.8. The maximum atomic E-state index is 11.8. The van der Waals surface area contributed by atoms with Gasteiger partial charge in [0, 0.05) is 18.6 Å². The van der Waals surface area contributed by atoms with Gasteiger partial charge in [0.15, 0.2) is 0 Å². The molecule has 0 bridgehead atoms. The molecule has 2 amide bonds. The van der Waals surface area contributed by atoms with Crippen molar-refractivity contribution in [2.75, 3.05) is 6.54 Å². The molecule has 3 heteroatoms. The number of amides is 2. The Morgan fingerprint density at radius 1 is 1.29 bits per heavy atom. The molecule has 0 aromatic carbocycles. The van der Waals surface area contributed by atoms with E-state index >= 15 is 0 Å². The maximum Gasteiger partial charge on any atom is 0.317 e. The van der Waals surface area contributed by atoms with Crippen LogP contribution in [-0.2, 0) is 0 Å². The Kier molecular flexibility index (Phi) is 2.66. The van der Waals surface area contributed by atoms with E-state index < -0.39 is 0 Å². The quantitative estimate of drug-likeness (QED) is 0.683. The van der Waals surface area contributed by atoms with Crippen molar-refractivity contribution in [1.29, 1.82) is 0 Å². The minimum atomic E-state index is 0.159. The lowest BCUT2D eigenvalue weighted by atomic mass is 9.92. The molecule has 2 rings (SSSR count). The standard InChI is InChI=1S/C11H20N2O/c1-8-4-3-7-13(9(8)2)11(14)12-10-5-6-10/h8-10H,3-7H2,1-2H3,(H,12,14). The van der Waals surface area contributed by atoms with E-state index in [1.807, 2.05) is 4.90 Å². The number of piperidine rings is 1. The van der Waals surface area contributed by atoms with Crippen LogP contribution >= 0.6 is 0 Å². The van der Waals surface area contributed by atoms with E-state index in [-0.39, 0.29) is 6.03 Å². The van der Waals surface area contributed by atoms with Crippen molar-refractivity contribution in [3.05, 3.63) is 0 Å². The zero-order valence-electron chi connectivity index (χ0n) is 9.12. The van der Waals surface area contributed by atoms with Crippen LogP contribution in [-0.4, -0.2) is 29.6 Å². The number of nitrogens with one attached hydrogen (secondary N) is 1. The second kappa shape index (κ2) is 3.79. The van der Waals surface area contributed by atoms with Crippen LogP contribution in [0.15, 0.2) is 0 Å². The molecule has 1 saturated heterocycles. The molecular formula is C11H20N2O.